The first-order chi connectivity index (χ1) is 12.2. The van der Waals surface area contributed by atoms with Crippen molar-refractivity contribution in [3.05, 3.63) is 34.2 Å². The van der Waals surface area contributed by atoms with Crippen molar-refractivity contribution < 1.29 is 14.2 Å². The molecule has 0 unspecified atom stereocenters. The van der Waals surface area contributed by atoms with Crippen LogP contribution in [-0.2, 0) is 10.0 Å². The van der Waals surface area contributed by atoms with Gasteiger partial charge in [0.25, 0.3) is 0 Å². The summed E-state index contributed by atoms with van der Waals surface area (Å²) in [6, 6.07) is 4.21. The Hall–Kier alpha value is -2.05. The number of anilines is 2. The number of nitrogens with two attached hydrogens (primary N) is 1. The second-order valence-electron chi connectivity index (χ2n) is 5.84. The van der Waals surface area contributed by atoms with E-state index in [9.17, 15) is 9.60 Å². The summed E-state index contributed by atoms with van der Waals surface area (Å²) in [5.74, 6) is 0.268. The van der Waals surface area contributed by atoms with Crippen LogP contribution in [0.4, 0.5) is 15.9 Å². The lowest BCUT2D eigenvalue weighted by Gasteiger charge is -2.26. The van der Waals surface area contributed by atoms with Crippen molar-refractivity contribution >= 4 is 43.3 Å². The van der Waals surface area contributed by atoms with E-state index < -0.39 is 15.8 Å². The van der Waals surface area contributed by atoms with Gasteiger partial charge in [0, 0.05) is 23.2 Å². The Morgan fingerprint density at radius 2 is 2.23 bits per heavy atom. The Kier molecular flexibility index (Phi) is 6.67. The predicted molar refractivity (Wildman–Crippen MR) is 105 cm³/mol. The van der Waals surface area contributed by atoms with Crippen molar-refractivity contribution in [3.63, 3.8) is 0 Å². The molecule has 0 aliphatic rings. The molecule has 0 amide bonds. The van der Waals surface area contributed by atoms with Crippen LogP contribution in [-0.4, -0.2) is 38.9 Å². The monoisotopic (exact) mass is 449 g/mol. The highest BCUT2D eigenvalue weighted by atomic mass is 79.9. The third-order valence-electron chi connectivity index (χ3n) is 3.69. The molecular weight excluding hydrogens is 429 g/mol. The Balaban J connectivity index is 2.09. The lowest BCUT2D eigenvalue weighted by molar-refractivity contribution is 0.305. The number of oxime groups is 1. The van der Waals surface area contributed by atoms with Gasteiger partial charge in [-0.1, -0.05) is 19.0 Å². The predicted octanol–water partition coefficient (Wildman–Crippen LogP) is 2.56. The zero-order valence-corrected chi connectivity index (χ0v) is 16.7. The molecule has 0 saturated heterocycles. The third kappa shape index (κ3) is 4.99. The van der Waals surface area contributed by atoms with E-state index in [1.54, 1.807) is 0 Å². The van der Waals surface area contributed by atoms with E-state index in [0.717, 1.165) is 0 Å². The van der Waals surface area contributed by atoms with Crippen LogP contribution in [0, 0.1) is 10.6 Å². The molecule has 0 saturated carbocycles. The van der Waals surface area contributed by atoms with E-state index in [1.165, 1.54) is 18.2 Å². The number of benzene rings is 1. The molecule has 0 fully saturated rings. The van der Waals surface area contributed by atoms with Gasteiger partial charge in [0.2, 0.25) is 11.7 Å². The van der Waals surface area contributed by atoms with E-state index in [4.69, 9.17) is 14.5 Å². The molecule has 2 rings (SSSR count). The lowest BCUT2D eigenvalue weighted by atomic mass is 10.3. The molecule has 0 aliphatic carbocycles. The van der Waals surface area contributed by atoms with Gasteiger partial charge in [-0.25, -0.2) is 9.02 Å². The number of amidine groups is 1. The van der Waals surface area contributed by atoms with Crippen LogP contribution in [0.5, 0.6) is 0 Å². The Bertz CT molecular complexity index is 842. The molecule has 0 bridgehead atoms. The number of thiol groups is 1. The van der Waals surface area contributed by atoms with Crippen LogP contribution < -0.4 is 15.8 Å². The molecule has 12 heteroatoms. The standard InChI is InChI=1S/C14H21BrFN7O2S/c1-8(2)26(17,18)6-5-19-13-12(22-25-23-13)14(21-24)20-9-3-4-11(16)10(15)7-9/h3-4,7-8,24,26H,5-6H2,1-2H3,(H3,17,18)(H,19,23)(H,20,21). The summed E-state index contributed by atoms with van der Waals surface area (Å²) in [4.78, 5) is 0. The van der Waals surface area contributed by atoms with Gasteiger partial charge < -0.3 is 15.8 Å². The van der Waals surface area contributed by atoms with Gasteiger partial charge in [0.05, 0.1) is 4.47 Å². The molecule has 1 aromatic carbocycles. The number of halogens is 2. The highest BCUT2D eigenvalue weighted by Crippen LogP contribution is 2.21. The number of hydrogen-bond acceptors (Lipinski definition) is 7. The second kappa shape index (κ2) is 8.56. The molecule has 0 atom stereocenters. The highest BCUT2D eigenvalue weighted by Gasteiger charge is 2.19. The summed E-state index contributed by atoms with van der Waals surface area (Å²) in [7, 11) is -2.27. The Morgan fingerprint density at radius 1 is 1.50 bits per heavy atom. The number of nitrogens with zero attached hydrogens (tertiary/aromatic N) is 3. The summed E-state index contributed by atoms with van der Waals surface area (Å²) in [5.41, 5.74) is 0.612. The van der Waals surface area contributed by atoms with Gasteiger partial charge >= 0.3 is 0 Å². The topological polar surface area (TPSA) is 145 Å². The quantitative estimate of drug-likeness (QED) is 0.125. The fraction of sp³-hybridized carbons (Fsp3) is 0.357. The first kappa shape index (κ1) is 20.3. The third-order valence-corrected chi connectivity index (χ3v) is 7.11. The number of rotatable bonds is 7. The largest absolute Gasteiger partial charge is 0.409 e. The van der Waals surface area contributed by atoms with Crippen molar-refractivity contribution in [3.8, 4) is 0 Å². The number of nitrogens with one attached hydrogen (secondary N) is 3. The summed E-state index contributed by atoms with van der Waals surface area (Å²) >= 11 is 3.08. The van der Waals surface area contributed by atoms with E-state index in [1.807, 2.05) is 13.8 Å². The van der Waals surface area contributed by atoms with Crippen LogP contribution in [0.1, 0.15) is 19.5 Å². The van der Waals surface area contributed by atoms with E-state index >= 15 is 0 Å². The van der Waals surface area contributed by atoms with Crippen molar-refractivity contribution in [2.75, 3.05) is 22.9 Å². The van der Waals surface area contributed by atoms with Gasteiger partial charge in [-0.3, -0.25) is 9.92 Å². The van der Waals surface area contributed by atoms with Gasteiger partial charge in [0.1, 0.15) is 5.82 Å². The van der Waals surface area contributed by atoms with Gasteiger partial charge in [-0.05, 0) is 44.4 Å². The van der Waals surface area contributed by atoms with Crippen LogP contribution in [0.15, 0.2) is 32.5 Å². The molecule has 1 aromatic heterocycles. The van der Waals surface area contributed by atoms with Crippen molar-refractivity contribution in [2.45, 2.75) is 19.1 Å². The van der Waals surface area contributed by atoms with Crippen LogP contribution in [0.25, 0.3) is 0 Å². The maximum Gasteiger partial charge on any atom is 0.203 e. The molecule has 144 valence electrons. The van der Waals surface area contributed by atoms with Crippen molar-refractivity contribution in [2.24, 2.45) is 10.3 Å². The zero-order valence-electron chi connectivity index (χ0n) is 14.2. The van der Waals surface area contributed by atoms with Crippen LogP contribution >= 0.6 is 15.9 Å². The first-order valence-corrected chi connectivity index (χ1v) is 10.6. The molecule has 1 heterocycles. The SMILES string of the molecule is CC(C)[SH](=N)(N)CCNc1nonc1/C(=N/O)Nc1ccc(F)c(Br)c1. The molecule has 9 nitrogen and oxygen atoms in total. The minimum absolute atomic E-state index is 0.0317. The maximum absolute atomic E-state index is 13.3. The summed E-state index contributed by atoms with van der Waals surface area (Å²) in [6.45, 7) is 4.24. The number of hydrogen-bond donors (Lipinski definition) is 6. The normalized spacial score (nSPS) is 13.1. The molecule has 0 radical (unpaired) electrons. The fourth-order valence-corrected chi connectivity index (χ4v) is 3.30. The molecule has 0 aliphatic heterocycles. The van der Waals surface area contributed by atoms with Crippen molar-refractivity contribution in [1.82, 2.24) is 10.3 Å². The molecule has 26 heavy (non-hydrogen) atoms. The van der Waals surface area contributed by atoms with Crippen LogP contribution in [0.2, 0.25) is 0 Å². The smallest absolute Gasteiger partial charge is 0.203 e. The van der Waals surface area contributed by atoms with Gasteiger partial charge in [-0.2, -0.15) is 10.0 Å². The minimum atomic E-state index is -2.27. The molecule has 6 N–H and O–H groups in total. The number of aromatic nitrogens is 2. The Labute approximate surface area is 159 Å². The zero-order chi connectivity index (χ0) is 19.3. The summed E-state index contributed by atoms with van der Waals surface area (Å²) in [6.07, 6.45) is 0. The summed E-state index contributed by atoms with van der Waals surface area (Å²) < 4.78 is 26.4. The average Bonchev–Trinajstić information content (AvgIpc) is 3.04. The molecule has 0 spiro atoms. The van der Waals surface area contributed by atoms with Gasteiger partial charge in [0.15, 0.2) is 5.69 Å². The second-order valence-corrected chi connectivity index (χ2v) is 10.0. The maximum atomic E-state index is 13.3. The Morgan fingerprint density at radius 3 is 2.85 bits per heavy atom. The van der Waals surface area contributed by atoms with E-state index in [0.29, 0.717) is 18.0 Å². The van der Waals surface area contributed by atoms with Crippen molar-refractivity contribution in [1.29, 1.82) is 4.78 Å². The minimum Gasteiger partial charge on any atom is -0.409 e. The molecular formula is C14H21BrFN7O2S. The lowest BCUT2D eigenvalue weighted by Crippen LogP contribution is -2.37. The molecule has 2 aromatic rings. The summed E-state index contributed by atoms with van der Waals surface area (Å²) in [5, 5.41) is 31.8. The van der Waals surface area contributed by atoms with Crippen LogP contribution in [0.3, 0.4) is 0 Å². The van der Waals surface area contributed by atoms with Gasteiger partial charge in [-0.15, -0.1) is 0 Å². The first-order valence-electron chi connectivity index (χ1n) is 7.67. The van der Waals surface area contributed by atoms with E-state index in [2.05, 4.69) is 42.0 Å². The fourth-order valence-electron chi connectivity index (χ4n) is 1.92. The van der Waals surface area contributed by atoms with E-state index in [-0.39, 0.29) is 27.1 Å². The highest BCUT2D eigenvalue weighted by molar-refractivity contribution is 9.10. The average molecular weight is 450 g/mol.